The molecule has 0 radical (unpaired) electrons. The minimum atomic E-state index is 0.0156. The summed E-state index contributed by atoms with van der Waals surface area (Å²) in [6.07, 6.45) is 3.29. The molecule has 0 aromatic carbocycles. The molecule has 0 bridgehead atoms. The minimum absolute atomic E-state index is 0.0156. The van der Waals surface area contributed by atoms with Crippen LogP contribution >= 0.6 is 11.8 Å². The maximum Gasteiger partial charge on any atom is 0.192 e. The Morgan fingerprint density at radius 3 is 2.88 bits per heavy atom. The van der Waals surface area contributed by atoms with Gasteiger partial charge in [-0.25, -0.2) is 14.6 Å². The maximum absolute atomic E-state index is 5.82. The molecule has 2 aromatic heterocycles. The second kappa shape index (κ2) is 4.63. The van der Waals surface area contributed by atoms with Crippen molar-refractivity contribution in [1.82, 2.24) is 19.7 Å². The summed E-state index contributed by atoms with van der Waals surface area (Å²) in [5.41, 5.74) is 6.88. The number of hydrogen-bond acceptors (Lipinski definition) is 5. The molecule has 2 rings (SSSR count). The molecule has 0 amide bonds. The molecule has 0 unspecified atom stereocenters. The van der Waals surface area contributed by atoms with Gasteiger partial charge in [0, 0.05) is 19.3 Å². The van der Waals surface area contributed by atoms with Crippen LogP contribution in [-0.2, 0) is 7.05 Å². The zero-order valence-electron chi connectivity index (χ0n) is 9.16. The van der Waals surface area contributed by atoms with E-state index in [1.54, 1.807) is 10.9 Å². The van der Waals surface area contributed by atoms with Crippen molar-refractivity contribution >= 4 is 11.8 Å². The predicted octanol–water partition coefficient (Wildman–Crippen LogP) is 1.38. The molecule has 2 heterocycles. The van der Waals surface area contributed by atoms with Crippen molar-refractivity contribution in [2.24, 2.45) is 12.8 Å². The Morgan fingerprint density at radius 2 is 2.25 bits per heavy atom. The van der Waals surface area contributed by atoms with Crippen LogP contribution in [-0.4, -0.2) is 19.7 Å². The van der Waals surface area contributed by atoms with Crippen molar-refractivity contribution in [2.75, 3.05) is 0 Å². The molecule has 0 aliphatic rings. The summed E-state index contributed by atoms with van der Waals surface area (Å²) < 4.78 is 1.71. The molecule has 2 N–H and O–H groups in total. The van der Waals surface area contributed by atoms with Crippen molar-refractivity contribution in [1.29, 1.82) is 0 Å². The van der Waals surface area contributed by atoms with Gasteiger partial charge >= 0.3 is 0 Å². The number of nitrogens with two attached hydrogens (primary N) is 1. The fourth-order valence-corrected chi connectivity index (χ4v) is 2.01. The summed E-state index contributed by atoms with van der Waals surface area (Å²) in [6, 6.07) is 3.91. The first-order valence-electron chi connectivity index (χ1n) is 4.90. The first kappa shape index (κ1) is 11.1. The first-order chi connectivity index (χ1) is 7.66. The Labute approximate surface area is 98.1 Å². The monoisotopic (exact) mass is 235 g/mol. The van der Waals surface area contributed by atoms with Gasteiger partial charge in [0.1, 0.15) is 11.4 Å². The van der Waals surface area contributed by atoms with Crippen LogP contribution in [0.25, 0.3) is 0 Å². The van der Waals surface area contributed by atoms with Crippen molar-refractivity contribution in [3.8, 4) is 0 Å². The number of pyridine rings is 1. The average molecular weight is 235 g/mol. The van der Waals surface area contributed by atoms with Crippen LogP contribution in [0.2, 0.25) is 0 Å². The van der Waals surface area contributed by atoms with E-state index in [1.165, 1.54) is 18.1 Å². The Balaban J connectivity index is 2.22. The lowest BCUT2D eigenvalue weighted by atomic mass is 10.1. The van der Waals surface area contributed by atoms with Gasteiger partial charge in [-0.2, -0.15) is 5.10 Å². The Morgan fingerprint density at radius 1 is 1.44 bits per heavy atom. The molecule has 0 spiro atoms. The van der Waals surface area contributed by atoms with Crippen LogP contribution in [0.3, 0.4) is 0 Å². The summed E-state index contributed by atoms with van der Waals surface area (Å²) >= 11 is 1.48. The van der Waals surface area contributed by atoms with E-state index in [0.717, 1.165) is 15.7 Å². The Hall–Kier alpha value is -1.40. The van der Waals surface area contributed by atoms with Gasteiger partial charge in [0.15, 0.2) is 5.16 Å². The molecule has 0 saturated carbocycles. The predicted molar refractivity (Wildman–Crippen MR) is 62.0 cm³/mol. The van der Waals surface area contributed by atoms with Gasteiger partial charge in [0.05, 0.1) is 0 Å². The van der Waals surface area contributed by atoms with E-state index < -0.39 is 0 Å². The normalized spacial score (nSPS) is 12.7. The Bertz CT molecular complexity index is 480. The lowest BCUT2D eigenvalue weighted by Gasteiger charge is -2.06. The van der Waals surface area contributed by atoms with Gasteiger partial charge in [0.25, 0.3) is 0 Å². The van der Waals surface area contributed by atoms with E-state index in [-0.39, 0.29) is 6.04 Å². The third-order valence-corrected chi connectivity index (χ3v) is 3.14. The van der Waals surface area contributed by atoms with Crippen LogP contribution in [0.4, 0.5) is 0 Å². The molecular formula is C10H13N5S. The van der Waals surface area contributed by atoms with Gasteiger partial charge in [-0.15, -0.1) is 0 Å². The van der Waals surface area contributed by atoms with Crippen LogP contribution in [0.1, 0.15) is 18.5 Å². The Kier molecular flexibility index (Phi) is 3.21. The molecule has 0 aliphatic carbocycles. The van der Waals surface area contributed by atoms with Crippen LogP contribution in [0.5, 0.6) is 0 Å². The molecule has 0 saturated heterocycles. The molecule has 6 heteroatoms. The van der Waals surface area contributed by atoms with E-state index in [0.29, 0.717) is 0 Å². The molecule has 1 atom stereocenters. The van der Waals surface area contributed by atoms with Crippen LogP contribution in [0, 0.1) is 0 Å². The lowest BCUT2D eigenvalue weighted by Crippen LogP contribution is -2.05. The quantitative estimate of drug-likeness (QED) is 0.870. The second-order valence-corrected chi connectivity index (χ2v) is 4.47. The summed E-state index contributed by atoms with van der Waals surface area (Å²) in [5, 5.41) is 5.70. The van der Waals surface area contributed by atoms with Gasteiger partial charge in [0.2, 0.25) is 0 Å². The molecule has 16 heavy (non-hydrogen) atoms. The smallest absolute Gasteiger partial charge is 0.192 e. The van der Waals surface area contributed by atoms with Crippen molar-refractivity contribution in [2.45, 2.75) is 23.1 Å². The molecular weight excluding hydrogens is 222 g/mol. The molecule has 5 nitrogen and oxygen atoms in total. The lowest BCUT2D eigenvalue weighted by molar-refractivity contribution is 0.684. The minimum Gasteiger partial charge on any atom is -0.324 e. The second-order valence-electron chi connectivity index (χ2n) is 3.48. The first-order valence-corrected chi connectivity index (χ1v) is 5.72. The highest BCUT2D eigenvalue weighted by Crippen LogP contribution is 2.24. The third kappa shape index (κ3) is 2.40. The van der Waals surface area contributed by atoms with Crippen molar-refractivity contribution in [3.63, 3.8) is 0 Å². The highest BCUT2D eigenvalue weighted by Gasteiger charge is 2.06. The highest BCUT2D eigenvalue weighted by molar-refractivity contribution is 7.99. The molecule has 84 valence electrons. The maximum atomic E-state index is 5.82. The summed E-state index contributed by atoms with van der Waals surface area (Å²) in [5.74, 6) is 0. The molecule has 2 aromatic rings. The highest BCUT2D eigenvalue weighted by atomic mass is 32.2. The zero-order chi connectivity index (χ0) is 11.5. The fourth-order valence-electron chi connectivity index (χ4n) is 1.24. The number of rotatable bonds is 3. The molecule has 0 aliphatic heterocycles. The van der Waals surface area contributed by atoms with Gasteiger partial charge in [-0.1, -0.05) is 0 Å². The fraction of sp³-hybridized carbons (Fsp3) is 0.300. The number of aryl methyl sites for hydroxylation is 1. The van der Waals surface area contributed by atoms with E-state index in [9.17, 15) is 0 Å². The SMILES string of the molecule is C[C@@H](N)c1ccnc(Sc2ncnn2C)c1. The largest absolute Gasteiger partial charge is 0.324 e. The van der Waals surface area contributed by atoms with E-state index in [1.807, 2.05) is 26.1 Å². The zero-order valence-corrected chi connectivity index (χ0v) is 9.98. The van der Waals surface area contributed by atoms with Gasteiger partial charge in [-0.3, -0.25) is 0 Å². The third-order valence-electron chi connectivity index (χ3n) is 2.15. The summed E-state index contributed by atoms with van der Waals surface area (Å²) in [4.78, 5) is 8.39. The number of nitrogens with zero attached hydrogens (tertiary/aromatic N) is 4. The van der Waals surface area contributed by atoms with Crippen LogP contribution in [0.15, 0.2) is 34.8 Å². The van der Waals surface area contributed by atoms with E-state index in [2.05, 4.69) is 15.1 Å². The van der Waals surface area contributed by atoms with E-state index >= 15 is 0 Å². The summed E-state index contributed by atoms with van der Waals surface area (Å²) in [6.45, 7) is 1.95. The number of aromatic nitrogens is 4. The van der Waals surface area contributed by atoms with Crippen LogP contribution < -0.4 is 5.73 Å². The van der Waals surface area contributed by atoms with Gasteiger partial charge < -0.3 is 5.73 Å². The van der Waals surface area contributed by atoms with Crippen molar-refractivity contribution < 1.29 is 0 Å². The van der Waals surface area contributed by atoms with Crippen molar-refractivity contribution in [3.05, 3.63) is 30.2 Å². The van der Waals surface area contributed by atoms with E-state index in [4.69, 9.17) is 5.73 Å². The topological polar surface area (TPSA) is 69.6 Å². The van der Waals surface area contributed by atoms with Gasteiger partial charge in [-0.05, 0) is 36.4 Å². The standard InChI is InChI=1S/C10H13N5S/c1-7(11)8-3-4-12-9(5-8)16-10-13-6-14-15(10)2/h3-7H,11H2,1-2H3/t7-/m1/s1. The number of hydrogen-bond donors (Lipinski definition) is 1. The molecule has 0 fully saturated rings. The average Bonchev–Trinajstić information content (AvgIpc) is 2.65. The summed E-state index contributed by atoms with van der Waals surface area (Å²) in [7, 11) is 1.85.